The van der Waals surface area contributed by atoms with Gasteiger partial charge in [0.05, 0.1) is 0 Å². The van der Waals surface area contributed by atoms with E-state index >= 15 is 0 Å². The Labute approximate surface area is 136 Å². The van der Waals surface area contributed by atoms with Gasteiger partial charge in [0, 0.05) is 32.8 Å². The Morgan fingerprint density at radius 2 is 2.17 bits per heavy atom. The van der Waals surface area contributed by atoms with E-state index in [0.717, 1.165) is 18.4 Å². The first-order valence-corrected chi connectivity index (χ1v) is 7.93. The second-order valence-corrected chi connectivity index (χ2v) is 6.01. The molecule has 1 amide bonds. The van der Waals surface area contributed by atoms with Crippen LogP contribution in [0.25, 0.3) is 0 Å². The molecule has 1 saturated heterocycles. The highest BCUT2D eigenvalue weighted by Crippen LogP contribution is 2.20. The Kier molecular flexibility index (Phi) is 4.71. The van der Waals surface area contributed by atoms with Crippen LogP contribution in [0.15, 0.2) is 30.6 Å². The highest BCUT2D eigenvalue weighted by Gasteiger charge is 2.28. The maximum atomic E-state index is 12.9. The molecule has 0 unspecified atom stereocenters. The van der Waals surface area contributed by atoms with Crippen molar-refractivity contribution in [3.8, 4) is 0 Å². The first-order valence-electron chi connectivity index (χ1n) is 7.93. The van der Waals surface area contributed by atoms with Gasteiger partial charge in [-0.05, 0) is 25.3 Å². The van der Waals surface area contributed by atoms with Crippen molar-refractivity contribution < 1.29 is 9.53 Å². The SMILES string of the molecule is Cc1cccc(CN(C(=O)c2ncn(C)n2)C2CCOCC2)c1. The number of carbonyl (C=O) groups excluding carboxylic acids is 1. The first kappa shape index (κ1) is 15.7. The molecule has 0 spiro atoms. The lowest BCUT2D eigenvalue weighted by Crippen LogP contribution is -2.43. The van der Waals surface area contributed by atoms with Gasteiger partial charge in [-0.3, -0.25) is 9.48 Å². The molecule has 23 heavy (non-hydrogen) atoms. The van der Waals surface area contributed by atoms with Crippen molar-refractivity contribution >= 4 is 5.91 Å². The molecule has 1 fully saturated rings. The number of aryl methyl sites for hydroxylation is 2. The van der Waals surface area contributed by atoms with Crippen LogP contribution >= 0.6 is 0 Å². The maximum absolute atomic E-state index is 12.9. The predicted octanol–water partition coefficient (Wildman–Crippen LogP) is 1.94. The number of hydrogen-bond donors (Lipinski definition) is 0. The van der Waals surface area contributed by atoms with Crippen LogP contribution in [-0.4, -0.2) is 44.8 Å². The number of amides is 1. The zero-order chi connectivity index (χ0) is 16.2. The lowest BCUT2D eigenvalue weighted by Gasteiger charge is -2.33. The summed E-state index contributed by atoms with van der Waals surface area (Å²) in [6.07, 6.45) is 3.26. The zero-order valence-corrected chi connectivity index (χ0v) is 13.6. The van der Waals surface area contributed by atoms with E-state index < -0.39 is 0 Å². The fourth-order valence-electron chi connectivity index (χ4n) is 2.94. The van der Waals surface area contributed by atoms with E-state index in [9.17, 15) is 4.79 Å². The van der Waals surface area contributed by atoms with Crippen LogP contribution < -0.4 is 0 Å². The van der Waals surface area contributed by atoms with E-state index in [1.165, 1.54) is 5.56 Å². The normalized spacial score (nSPS) is 15.6. The number of aromatic nitrogens is 3. The van der Waals surface area contributed by atoms with Gasteiger partial charge >= 0.3 is 0 Å². The minimum absolute atomic E-state index is 0.112. The fraction of sp³-hybridized carbons (Fsp3) is 0.471. The van der Waals surface area contributed by atoms with E-state index in [4.69, 9.17) is 4.74 Å². The predicted molar refractivity (Wildman–Crippen MR) is 85.9 cm³/mol. The van der Waals surface area contributed by atoms with Crippen molar-refractivity contribution in [2.75, 3.05) is 13.2 Å². The number of ether oxygens (including phenoxy) is 1. The van der Waals surface area contributed by atoms with Gasteiger partial charge in [0.2, 0.25) is 5.82 Å². The molecule has 0 bridgehead atoms. The molecule has 0 atom stereocenters. The van der Waals surface area contributed by atoms with Gasteiger partial charge < -0.3 is 9.64 Å². The largest absolute Gasteiger partial charge is 0.381 e. The fourth-order valence-corrected chi connectivity index (χ4v) is 2.94. The van der Waals surface area contributed by atoms with Crippen LogP contribution in [0.4, 0.5) is 0 Å². The average Bonchev–Trinajstić information content (AvgIpc) is 2.99. The Morgan fingerprint density at radius 1 is 1.39 bits per heavy atom. The van der Waals surface area contributed by atoms with Crippen molar-refractivity contribution in [1.29, 1.82) is 0 Å². The third kappa shape index (κ3) is 3.76. The summed E-state index contributed by atoms with van der Waals surface area (Å²) >= 11 is 0. The summed E-state index contributed by atoms with van der Waals surface area (Å²) in [6.45, 7) is 4.02. The molecule has 2 heterocycles. The molecule has 1 aromatic heterocycles. The first-order chi connectivity index (χ1) is 11.1. The molecule has 0 N–H and O–H groups in total. The summed E-state index contributed by atoms with van der Waals surface area (Å²) in [5.41, 5.74) is 2.32. The standard InChI is InChI=1S/C17H22N4O2/c1-13-4-3-5-14(10-13)11-21(15-6-8-23-9-7-15)17(22)16-18-12-20(2)19-16/h3-5,10,12,15H,6-9,11H2,1-2H3. The highest BCUT2D eigenvalue weighted by molar-refractivity contribution is 5.90. The topological polar surface area (TPSA) is 60.2 Å². The molecule has 0 radical (unpaired) electrons. The van der Waals surface area contributed by atoms with Gasteiger partial charge in [-0.25, -0.2) is 4.98 Å². The Morgan fingerprint density at radius 3 is 2.83 bits per heavy atom. The van der Waals surface area contributed by atoms with E-state index in [1.54, 1.807) is 18.1 Å². The number of nitrogens with zero attached hydrogens (tertiary/aromatic N) is 4. The zero-order valence-electron chi connectivity index (χ0n) is 13.6. The van der Waals surface area contributed by atoms with Crippen molar-refractivity contribution in [3.63, 3.8) is 0 Å². The van der Waals surface area contributed by atoms with E-state index in [-0.39, 0.29) is 17.8 Å². The van der Waals surface area contributed by atoms with E-state index in [2.05, 4.69) is 35.2 Å². The lowest BCUT2D eigenvalue weighted by atomic mass is 10.0. The van der Waals surface area contributed by atoms with Crippen molar-refractivity contribution in [2.24, 2.45) is 7.05 Å². The summed E-state index contributed by atoms with van der Waals surface area (Å²) < 4.78 is 6.99. The van der Waals surface area contributed by atoms with Gasteiger partial charge in [-0.15, -0.1) is 5.10 Å². The van der Waals surface area contributed by atoms with E-state index in [0.29, 0.717) is 19.8 Å². The number of benzene rings is 1. The molecular formula is C17H22N4O2. The third-order valence-electron chi connectivity index (χ3n) is 4.12. The quantitative estimate of drug-likeness (QED) is 0.865. The Balaban J connectivity index is 1.85. The second kappa shape index (κ2) is 6.91. The minimum atomic E-state index is -0.112. The van der Waals surface area contributed by atoms with Gasteiger partial charge in [0.15, 0.2) is 0 Å². The van der Waals surface area contributed by atoms with Crippen molar-refractivity contribution in [2.45, 2.75) is 32.4 Å². The molecule has 122 valence electrons. The molecule has 1 aromatic carbocycles. The molecule has 0 saturated carbocycles. The van der Waals surface area contributed by atoms with Gasteiger partial charge in [0.1, 0.15) is 6.33 Å². The molecular weight excluding hydrogens is 292 g/mol. The molecule has 6 nitrogen and oxygen atoms in total. The molecule has 3 rings (SSSR count). The van der Waals surface area contributed by atoms with Gasteiger partial charge in [0.25, 0.3) is 5.91 Å². The van der Waals surface area contributed by atoms with Crippen LogP contribution in [-0.2, 0) is 18.3 Å². The highest BCUT2D eigenvalue weighted by atomic mass is 16.5. The molecule has 1 aliphatic heterocycles. The molecule has 0 aliphatic carbocycles. The lowest BCUT2D eigenvalue weighted by molar-refractivity contribution is 0.0260. The van der Waals surface area contributed by atoms with Crippen LogP contribution in [0.2, 0.25) is 0 Å². The van der Waals surface area contributed by atoms with Crippen LogP contribution in [0, 0.1) is 6.92 Å². The molecule has 1 aliphatic rings. The summed E-state index contributed by atoms with van der Waals surface area (Å²) in [7, 11) is 1.77. The average molecular weight is 314 g/mol. The summed E-state index contributed by atoms with van der Waals surface area (Å²) in [5.74, 6) is 0.144. The van der Waals surface area contributed by atoms with E-state index in [1.807, 2.05) is 11.0 Å². The summed E-state index contributed by atoms with van der Waals surface area (Å²) in [4.78, 5) is 18.9. The van der Waals surface area contributed by atoms with Gasteiger partial charge in [-0.1, -0.05) is 29.8 Å². The summed E-state index contributed by atoms with van der Waals surface area (Å²) in [5, 5.41) is 4.17. The van der Waals surface area contributed by atoms with Gasteiger partial charge in [-0.2, -0.15) is 0 Å². The van der Waals surface area contributed by atoms with Crippen molar-refractivity contribution in [3.05, 3.63) is 47.5 Å². The second-order valence-electron chi connectivity index (χ2n) is 6.01. The van der Waals surface area contributed by atoms with Crippen LogP contribution in [0.1, 0.15) is 34.6 Å². The Bertz CT molecular complexity index is 677. The number of hydrogen-bond acceptors (Lipinski definition) is 4. The van der Waals surface area contributed by atoms with Crippen LogP contribution in [0.5, 0.6) is 0 Å². The molecule has 2 aromatic rings. The minimum Gasteiger partial charge on any atom is -0.381 e. The number of rotatable bonds is 4. The van der Waals surface area contributed by atoms with Crippen molar-refractivity contribution in [1.82, 2.24) is 19.7 Å². The monoisotopic (exact) mass is 314 g/mol. The third-order valence-corrected chi connectivity index (χ3v) is 4.12. The number of carbonyl (C=O) groups is 1. The summed E-state index contributed by atoms with van der Waals surface area (Å²) in [6, 6.07) is 8.42. The van der Waals surface area contributed by atoms with Crippen LogP contribution in [0.3, 0.4) is 0 Å². The Hall–Kier alpha value is -2.21. The smallest absolute Gasteiger partial charge is 0.294 e. The molecule has 6 heteroatoms. The maximum Gasteiger partial charge on any atom is 0.294 e.